The van der Waals surface area contributed by atoms with Crippen LogP contribution in [0, 0.1) is 5.92 Å². The Labute approximate surface area is 248 Å². The molecule has 204 valence electrons. The van der Waals surface area contributed by atoms with Gasteiger partial charge in [0.2, 0.25) is 5.52 Å². The third-order valence-electron chi connectivity index (χ3n) is 8.31. The van der Waals surface area contributed by atoms with Crippen LogP contribution in [0.25, 0.3) is 16.3 Å². The Kier molecular flexibility index (Phi) is 6.89. The summed E-state index contributed by atoms with van der Waals surface area (Å²) < 4.78 is 3.63. The van der Waals surface area contributed by atoms with Crippen molar-refractivity contribution in [2.75, 3.05) is 4.90 Å². The first-order chi connectivity index (χ1) is 20.0. The molecule has 2 heterocycles. The highest BCUT2D eigenvalue weighted by molar-refractivity contribution is 8.03. The lowest BCUT2D eigenvalue weighted by molar-refractivity contribution is -0.642. The van der Waals surface area contributed by atoms with Crippen LogP contribution in [0.2, 0.25) is 0 Å². The molecule has 1 aromatic heterocycles. The summed E-state index contributed by atoms with van der Waals surface area (Å²) in [5, 5.41) is 11.8. The number of carbonyl (C=O) groups is 1. The zero-order chi connectivity index (χ0) is 27.9. The molecule has 0 fully saturated rings. The number of thioether (sulfide) groups is 1. The second kappa shape index (κ2) is 10.8. The van der Waals surface area contributed by atoms with Gasteiger partial charge in [-0.05, 0) is 90.3 Å². The lowest BCUT2D eigenvalue weighted by Crippen LogP contribution is -2.29. The molecule has 6 heteroatoms. The van der Waals surface area contributed by atoms with E-state index in [0.29, 0.717) is 18.0 Å². The Morgan fingerprint density at radius 2 is 1.76 bits per heavy atom. The number of benzene rings is 3. The molecule has 4 aromatic rings. The Morgan fingerprint density at radius 1 is 0.976 bits per heavy atom. The van der Waals surface area contributed by atoms with E-state index in [1.807, 2.05) is 35.2 Å². The molecule has 0 saturated carbocycles. The zero-order valence-electron chi connectivity index (χ0n) is 22.9. The maximum Gasteiger partial charge on any atom is 0.335 e. The van der Waals surface area contributed by atoms with Gasteiger partial charge in [-0.1, -0.05) is 71.6 Å². The summed E-state index contributed by atoms with van der Waals surface area (Å²) in [5.41, 5.74) is 8.15. The van der Waals surface area contributed by atoms with Crippen LogP contribution in [0.4, 0.5) is 5.69 Å². The molecule has 0 saturated heterocycles. The molecular formula is C35H31N2O2S2+. The monoisotopic (exact) mass is 575 g/mol. The number of aromatic carboxylic acids is 1. The van der Waals surface area contributed by atoms with E-state index in [2.05, 4.69) is 89.3 Å². The lowest BCUT2D eigenvalue weighted by atomic mass is 9.77. The van der Waals surface area contributed by atoms with E-state index < -0.39 is 5.97 Å². The van der Waals surface area contributed by atoms with Crippen molar-refractivity contribution in [2.45, 2.75) is 37.1 Å². The predicted molar refractivity (Wildman–Crippen MR) is 169 cm³/mol. The summed E-state index contributed by atoms with van der Waals surface area (Å²) in [5.74, 6) is -0.253. The number of nitrogens with zero attached hydrogens (tertiary/aromatic N) is 2. The van der Waals surface area contributed by atoms with Crippen molar-refractivity contribution in [3.63, 3.8) is 0 Å². The number of allylic oxidation sites excluding steroid dienone is 6. The number of para-hydroxylation sites is 2. The van der Waals surface area contributed by atoms with Gasteiger partial charge in [-0.15, -0.1) is 0 Å². The molecule has 1 atom stereocenters. The quantitative estimate of drug-likeness (QED) is 0.242. The van der Waals surface area contributed by atoms with Crippen LogP contribution in [-0.4, -0.2) is 11.1 Å². The molecule has 3 aromatic carbocycles. The van der Waals surface area contributed by atoms with Crippen molar-refractivity contribution in [1.82, 2.24) is 0 Å². The highest BCUT2D eigenvalue weighted by Gasteiger charge is 2.28. The van der Waals surface area contributed by atoms with Gasteiger partial charge < -0.3 is 10.0 Å². The number of fused-ring (bicyclic) bond motifs is 3. The van der Waals surface area contributed by atoms with E-state index >= 15 is 0 Å². The molecule has 0 amide bonds. The minimum Gasteiger partial charge on any atom is -0.478 e. The molecule has 1 aliphatic heterocycles. The van der Waals surface area contributed by atoms with Crippen molar-refractivity contribution in [3.05, 3.63) is 129 Å². The van der Waals surface area contributed by atoms with Crippen molar-refractivity contribution in [1.29, 1.82) is 0 Å². The first-order valence-corrected chi connectivity index (χ1v) is 15.7. The van der Waals surface area contributed by atoms with Gasteiger partial charge in [0.05, 0.1) is 16.3 Å². The Hall–Kier alpha value is -3.87. The van der Waals surface area contributed by atoms with Crippen LogP contribution in [0.3, 0.4) is 0 Å². The molecule has 0 radical (unpaired) electrons. The summed E-state index contributed by atoms with van der Waals surface area (Å²) in [4.78, 5) is 14.9. The van der Waals surface area contributed by atoms with Gasteiger partial charge >= 0.3 is 5.97 Å². The van der Waals surface area contributed by atoms with Gasteiger partial charge in [-0.2, -0.15) is 4.57 Å². The van der Waals surface area contributed by atoms with Crippen LogP contribution in [0.15, 0.2) is 118 Å². The van der Waals surface area contributed by atoms with Crippen LogP contribution in [0.5, 0.6) is 0 Å². The third-order valence-corrected chi connectivity index (χ3v) is 10.6. The smallest absolute Gasteiger partial charge is 0.335 e. The minimum atomic E-state index is -0.894. The van der Waals surface area contributed by atoms with Crippen molar-refractivity contribution < 1.29 is 14.5 Å². The first kappa shape index (κ1) is 26.1. The number of thiazole rings is 1. The SMILES string of the molecule is C[n+]1c(/C=C2/C=C3C=C(/C=C4\Sc5ccccc5N4Cc4ccc(C(=O)O)cc4)CCC3CC2)sc2ccccc21. The molecule has 1 N–H and O–H groups in total. The number of aromatic nitrogens is 1. The highest BCUT2D eigenvalue weighted by Crippen LogP contribution is 2.48. The molecule has 0 bridgehead atoms. The Balaban J connectivity index is 1.18. The summed E-state index contributed by atoms with van der Waals surface area (Å²) in [6.45, 7) is 0.702. The van der Waals surface area contributed by atoms with Crippen LogP contribution in [0.1, 0.15) is 46.6 Å². The average molecular weight is 576 g/mol. The second-order valence-electron chi connectivity index (χ2n) is 11.0. The van der Waals surface area contributed by atoms with Crippen LogP contribution in [-0.2, 0) is 13.6 Å². The predicted octanol–water partition coefficient (Wildman–Crippen LogP) is 8.52. The molecule has 0 spiro atoms. The van der Waals surface area contributed by atoms with Crippen molar-refractivity contribution in [2.24, 2.45) is 13.0 Å². The van der Waals surface area contributed by atoms with Crippen molar-refractivity contribution in [3.8, 4) is 0 Å². The topological polar surface area (TPSA) is 44.4 Å². The number of rotatable bonds is 5. The zero-order valence-corrected chi connectivity index (χ0v) is 24.5. The van der Waals surface area contributed by atoms with Crippen LogP contribution >= 0.6 is 23.1 Å². The summed E-state index contributed by atoms with van der Waals surface area (Å²) in [6, 6.07) is 24.4. The second-order valence-corrected chi connectivity index (χ2v) is 13.1. The standard InChI is InChI=1S/C35H30N2O2S2/c1-36-29-6-2-4-8-31(29)40-33(36)20-24-12-14-26-15-13-25(19-28(26)18-24)21-34-37(30-7-3-5-9-32(30)41-34)22-23-10-16-27(17-11-23)35(38)39/h2-11,16-21,26H,12-15,22H2,1H3/p+1. The Bertz CT molecular complexity index is 1790. The number of aryl methyl sites for hydroxylation is 1. The maximum atomic E-state index is 11.3. The summed E-state index contributed by atoms with van der Waals surface area (Å²) in [7, 11) is 2.17. The Morgan fingerprint density at radius 3 is 2.59 bits per heavy atom. The highest BCUT2D eigenvalue weighted by atomic mass is 32.2. The van der Waals surface area contributed by atoms with Gasteiger partial charge in [0.1, 0.15) is 11.7 Å². The lowest BCUT2D eigenvalue weighted by Gasteiger charge is -2.28. The van der Waals surface area contributed by atoms with Gasteiger partial charge in [0.15, 0.2) is 0 Å². The van der Waals surface area contributed by atoms with Gasteiger partial charge in [-0.3, -0.25) is 0 Å². The van der Waals surface area contributed by atoms with E-state index in [1.54, 1.807) is 12.1 Å². The van der Waals surface area contributed by atoms with Gasteiger partial charge in [0.25, 0.3) is 5.01 Å². The summed E-state index contributed by atoms with van der Waals surface area (Å²) in [6.07, 6.45) is 14.3. The maximum absolute atomic E-state index is 11.3. The molecule has 7 rings (SSSR count). The fraction of sp³-hybridized carbons (Fsp3) is 0.200. The number of anilines is 1. The molecular weight excluding hydrogens is 545 g/mol. The van der Waals surface area contributed by atoms with Gasteiger partial charge in [0, 0.05) is 23.6 Å². The summed E-state index contributed by atoms with van der Waals surface area (Å²) >= 11 is 3.68. The van der Waals surface area contributed by atoms with E-state index in [1.165, 1.54) is 60.4 Å². The van der Waals surface area contributed by atoms with E-state index in [-0.39, 0.29) is 0 Å². The van der Waals surface area contributed by atoms with E-state index in [4.69, 9.17) is 0 Å². The van der Waals surface area contributed by atoms with E-state index in [9.17, 15) is 9.90 Å². The van der Waals surface area contributed by atoms with E-state index in [0.717, 1.165) is 18.4 Å². The first-order valence-electron chi connectivity index (χ1n) is 14.1. The number of hydrogen-bond acceptors (Lipinski definition) is 4. The minimum absolute atomic E-state index is 0.318. The fourth-order valence-corrected chi connectivity index (χ4v) is 8.32. The number of carboxylic acid groups (broad SMARTS) is 1. The third kappa shape index (κ3) is 5.18. The average Bonchev–Trinajstić information content (AvgIpc) is 3.49. The molecule has 1 unspecified atom stereocenters. The molecule has 4 nitrogen and oxygen atoms in total. The number of carboxylic acids is 1. The van der Waals surface area contributed by atoms with Crippen LogP contribution < -0.4 is 9.47 Å². The fourth-order valence-electron chi connectivity index (χ4n) is 6.06. The number of hydrogen-bond donors (Lipinski definition) is 1. The van der Waals surface area contributed by atoms with Crippen molar-refractivity contribution >= 4 is 51.0 Å². The molecule has 41 heavy (non-hydrogen) atoms. The normalized spacial score (nSPS) is 20.2. The largest absolute Gasteiger partial charge is 0.478 e. The van der Waals surface area contributed by atoms with Gasteiger partial charge in [-0.25, -0.2) is 4.79 Å². The molecule has 3 aliphatic rings. The molecule has 2 aliphatic carbocycles.